The molecule has 0 N–H and O–H groups in total. The molecule has 2 aliphatic rings. The Balaban J connectivity index is 0.00000576. The lowest BCUT2D eigenvalue weighted by Crippen LogP contribution is -2.53. The maximum atomic E-state index is 14.0. The molecule has 0 unspecified atom stereocenters. The molecular weight excluding hydrogens is 684 g/mol. The predicted molar refractivity (Wildman–Crippen MR) is 132 cm³/mol. The molecule has 4 atom stereocenters. The van der Waals surface area contributed by atoms with Gasteiger partial charge in [0.15, 0.2) is 12.2 Å². The van der Waals surface area contributed by atoms with Crippen LogP contribution in [0.15, 0.2) is 24.5 Å². The summed E-state index contributed by atoms with van der Waals surface area (Å²) >= 11 is 0. The summed E-state index contributed by atoms with van der Waals surface area (Å²) in [6, 6.07) is 2.14. The van der Waals surface area contributed by atoms with Gasteiger partial charge in [0.2, 0.25) is 11.6 Å². The van der Waals surface area contributed by atoms with Gasteiger partial charge in [0.1, 0.15) is 12.2 Å². The molecule has 0 aromatic carbocycles. The first-order chi connectivity index (χ1) is 20.8. The molecule has 0 spiro atoms. The second-order valence-corrected chi connectivity index (χ2v) is 10.0. The maximum absolute atomic E-state index is 14.0. The highest BCUT2D eigenvalue weighted by atomic mass is 35.5. The van der Waals surface area contributed by atoms with Gasteiger partial charge in [-0.2, -0.15) is 52.7 Å². The maximum Gasteiger partial charge on any atom is 0.451 e. The lowest BCUT2D eigenvalue weighted by Gasteiger charge is -2.38. The number of aromatic nitrogens is 4. The number of hydrogen-bond acceptors (Lipinski definition) is 9. The van der Waals surface area contributed by atoms with Crippen molar-refractivity contribution in [1.29, 1.82) is 0 Å². The van der Waals surface area contributed by atoms with Crippen molar-refractivity contribution in [2.45, 2.75) is 49.1 Å². The zero-order chi connectivity index (χ0) is 33.2. The average Bonchev–Trinajstić information content (AvgIpc) is 2.95. The van der Waals surface area contributed by atoms with E-state index in [1.807, 2.05) is 0 Å². The Morgan fingerprint density at radius 1 is 0.674 bits per heavy atom. The molecule has 2 aromatic heterocycles. The average molecular weight is 709 g/mol. The van der Waals surface area contributed by atoms with Crippen molar-refractivity contribution in [3.05, 3.63) is 47.6 Å². The normalized spacial score (nSPS) is 22.3. The van der Waals surface area contributed by atoms with E-state index < -0.39 is 86.9 Å². The number of rotatable bonds is 8. The first kappa shape index (κ1) is 37.9. The highest BCUT2D eigenvalue weighted by molar-refractivity contribution is 5.85. The van der Waals surface area contributed by atoms with Crippen molar-refractivity contribution >= 4 is 12.4 Å². The van der Waals surface area contributed by atoms with Crippen LogP contribution in [0, 0.1) is 0 Å². The quantitative estimate of drug-likeness (QED) is 0.350. The molecule has 2 fully saturated rings. The Morgan fingerprint density at radius 3 is 1.37 bits per heavy atom. The topological polar surface area (TPSA) is 85.7 Å². The molecule has 4 rings (SSSR count). The standard InChI is InChI=1S/C24H24F12N6O3.ClH/c25-21(26,27)17(11-41-5-7-43-15(9-41)13-1-3-37-19(39-13)23(31,32)33)45-18(22(28,29)30)12-42-6-8-44-16(10-42)14-2-4-38-20(40-14)24(34,35)36;/h1-4,15-18H,5-12H2;1H/t15-,16-,17-,18-;/m0./s1. The Labute approximate surface area is 258 Å². The fraction of sp³-hybridized carbons (Fsp3) is 0.667. The molecule has 46 heavy (non-hydrogen) atoms. The molecule has 0 amide bonds. The lowest BCUT2D eigenvalue weighted by atomic mass is 10.1. The van der Waals surface area contributed by atoms with Crippen LogP contribution in [0.4, 0.5) is 52.7 Å². The fourth-order valence-corrected chi connectivity index (χ4v) is 4.59. The lowest BCUT2D eigenvalue weighted by molar-refractivity contribution is -0.292. The largest absolute Gasteiger partial charge is 0.451 e. The van der Waals surface area contributed by atoms with Crippen LogP contribution in [0.2, 0.25) is 0 Å². The third kappa shape index (κ3) is 10.2. The molecular formula is C24H25ClF12N6O3. The molecule has 0 radical (unpaired) electrons. The third-order valence-electron chi connectivity index (χ3n) is 6.73. The Kier molecular flexibility index (Phi) is 12.1. The second kappa shape index (κ2) is 14.7. The van der Waals surface area contributed by atoms with Crippen molar-refractivity contribution in [2.75, 3.05) is 52.5 Å². The summed E-state index contributed by atoms with van der Waals surface area (Å²) in [6.07, 6.45) is -27.3. The van der Waals surface area contributed by atoms with Crippen molar-refractivity contribution in [3.8, 4) is 0 Å². The number of ether oxygens (including phenoxy) is 3. The molecule has 2 aromatic rings. The fourth-order valence-electron chi connectivity index (χ4n) is 4.59. The van der Waals surface area contributed by atoms with Gasteiger partial charge in [-0.25, -0.2) is 19.9 Å². The minimum absolute atomic E-state index is 0. The third-order valence-corrected chi connectivity index (χ3v) is 6.73. The van der Waals surface area contributed by atoms with E-state index in [-0.39, 0.29) is 50.1 Å². The molecule has 22 heteroatoms. The number of hydrogen-bond donors (Lipinski definition) is 0. The van der Waals surface area contributed by atoms with Gasteiger partial charge in [-0.3, -0.25) is 9.80 Å². The van der Waals surface area contributed by atoms with Crippen LogP contribution in [0.25, 0.3) is 0 Å². The van der Waals surface area contributed by atoms with Gasteiger partial charge in [0.25, 0.3) is 0 Å². The number of morpholine rings is 2. The van der Waals surface area contributed by atoms with E-state index in [4.69, 9.17) is 9.47 Å². The minimum atomic E-state index is -5.29. The Hall–Kier alpha value is -2.59. The van der Waals surface area contributed by atoms with E-state index in [0.717, 1.165) is 34.3 Å². The summed E-state index contributed by atoms with van der Waals surface area (Å²) < 4.78 is 177. The summed E-state index contributed by atoms with van der Waals surface area (Å²) in [7, 11) is 0. The number of halogens is 13. The zero-order valence-electron chi connectivity index (χ0n) is 23.1. The van der Waals surface area contributed by atoms with E-state index in [2.05, 4.69) is 24.7 Å². The Bertz CT molecular complexity index is 1190. The molecule has 0 bridgehead atoms. The van der Waals surface area contributed by atoms with E-state index in [0.29, 0.717) is 0 Å². The van der Waals surface area contributed by atoms with Crippen molar-refractivity contribution in [1.82, 2.24) is 29.7 Å². The predicted octanol–water partition coefficient (Wildman–Crippen LogP) is 5.05. The summed E-state index contributed by atoms with van der Waals surface area (Å²) in [4.78, 5) is 15.0. The van der Waals surface area contributed by atoms with Crippen molar-refractivity contribution in [2.24, 2.45) is 0 Å². The smallest absolute Gasteiger partial charge is 0.369 e. The highest BCUT2D eigenvalue weighted by Crippen LogP contribution is 2.34. The van der Waals surface area contributed by atoms with Gasteiger partial charge in [-0.05, 0) is 12.1 Å². The first-order valence-electron chi connectivity index (χ1n) is 13.1. The molecule has 0 saturated carbocycles. The molecule has 260 valence electrons. The van der Waals surface area contributed by atoms with Gasteiger partial charge in [-0.15, -0.1) is 12.4 Å². The van der Waals surface area contributed by atoms with E-state index >= 15 is 0 Å². The van der Waals surface area contributed by atoms with Crippen molar-refractivity contribution < 1.29 is 66.9 Å². The highest BCUT2D eigenvalue weighted by Gasteiger charge is 2.50. The van der Waals surface area contributed by atoms with E-state index in [1.165, 1.54) is 0 Å². The number of alkyl halides is 12. The molecule has 2 saturated heterocycles. The van der Waals surface area contributed by atoms with Crippen molar-refractivity contribution in [3.63, 3.8) is 0 Å². The van der Waals surface area contributed by atoms with Crippen LogP contribution in [0.3, 0.4) is 0 Å². The second-order valence-electron chi connectivity index (χ2n) is 10.0. The number of nitrogens with zero attached hydrogens (tertiary/aromatic N) is 6. The van der Waals surface area contributed by atoms with Crippen LogP contribution < -0.4 is 0 Å². The molecule has 2 aliphatic heterocycles. The van der Waals surface area contributed by atoms with Crippen LogP contribution >= 0.6 is 12.4 Å². The monoisotopic (exact) mass is 708 g/mol. The summed E-state index contributed by atoms with van der Waals surface area (Å²) in [5.41, 5.74) is -0.569. The molecule has 4 heterocycles. The Morgan fingerprint density at radius 2 is 1.04 bits per heavy atom. The summed E-state index contributed by atoms with van der Waals surface area (Å²) in [5.74, 6) is -3.01. The minimum Gasteiger partial charge on any atom is -0.369 e. The summed E-state index contributed by atoms with van der Waals surface area (Å²) in [5, 5.41) is 0. The van der Waals surface area contributed by atoms with E-state index in [1.54, 1.807) is 0 Å². The SMILES string of the molecule is Cl.FC(F)(F)c1nccc([C@@H]2CN(C[C@H](O[C@@H](CN3CCO[C@H](c4ccnc(C(F)(F)F)n4)C3)C(F)(F)F)C(F)(F)F)CCO2)n1. The van der Waals surface area contributed by atoms with Gasteiger partial charge in [-0.1, -0.05) is 0 Å². The first-order valence-corrected chi connectivity index (χ1v) is 13.1. The van der Waals surface area contributed by atoms with Gasteiger partial charge < -0.3 is 14.2 Å². The summed E-state index contributed by atoms with van der Waals surface area (Å²) in [6.45, 7) is -4.04. The van der Waals surface area contributed by atoms with Gasteiger partial charge >= 0.3 is 24.7 Å². The van der Waals surface area contributed by atoms with Gasteiger partial charge in [0.05, 0.1) is 24.6 Å². The van der Waals surface area contributed by atoms with Gasteiger partial charge in [0, 0.05) is 51.7 Å². The zero-order valence-corrected chi connectivity index (χ0v) is 23.9. The van der Waals surface area contributed by atoms with Crippen LogP contribution in [-0.4, -0.2) is 107 Å². The molecule has 9 nitrogen and oxygen atoms in total. The van der Waals surface area contributed by atoms with Crippen LogP contribution in [0.5, 0.6) is 0 Å². The van der Waals surface area contributed by atoms with Crippen LogP contribution in [-0.2, 0) is 26.6 Å². The molecule has 0 aliphatic carbocycles. The van der Waals surface area contributed by atoms with Crippen LogP contribution in [0.1, 0.15) is 35.2 Å². The van der Waals surface area contributed by atoms with E-state index in [9.17, 15) is 52.7 Å².